The predicted octanol–water partition coefficient (Wildman–Crippen LogP) is 8.23. The number of phenols is 1. The molecule has 1 fully saturated rings. The van der Waals surface area contributed by atoms with Gasteiger partial charge in [0.05, 0.1) is 6.61 Å². The van der Waals surface area contributed by atoms with Crippen LogP contribution in [-0.2, 0) is 0 Å². The lowest BCUT2D eigenvalue weighted by atomic mass is 9.76. The molecule has 4 heteroatoms. The number of nitrogens with zero attached hydrogens (tertiary/aromatic N) is 1. The average molecular weight is 516 g/mol. The summed E-state index contributed by atoms with van der Waals surface area (Å²) in [5, 5.41) is 10.2. The second kappa shape index (κ2) is 13.4. The first-order valence-corrected chi connectivity index (χ1v) is 15.2. The fourth-order valence-electron chi connectivity index (χ4n) is 5.92. The van der Waals surface area contributed by atoms with E-state index in [4.69, 9.17) is 4.74 Å². The lowest BCUT2D eigenvalue weighted by Crippen LogP contribution is -2.25. The molecule has 0 bridgehead atoms. The molecule has 0 saturated carbocycles. The number of benzene rings is 3. The molecule has 0 unspecified atom stereocenters. The molecule has 0 radical (unpaired) electrons. The highest BCUT2D eigenvalue weighted by molar-refractivity contribution is 7.99. The van der Waals surface area contributed by atoms with Crippen LogP contribution in [0.3, 0.4) is 0 Å². The smallest absolute Gasteiger partial charge is 0.123 e. The standard InChI is InChI=1S/C33H41NO2S/c35-28-16-19-32-30(24-28)33(31(25-36-32)26-12-6-5-7-13-26)27-14-17-29(18-15-27)37-23-11-4-2-1-3-8-20-34-21-9-10-22-34/h5-7,12-19,24,31,33,35H,1-4,8-11,20-23,25H2/t31-,33-/m1/s1. The topological polar surface area (TPSA) is 32.7 Å². The summed E-state index contributed by atoms with van der Waals surface area (Å²) in [5.74, 6) is 2.73. The van der Waals surface area contributed by atoms with Crippen LogP contribution in [0.15, 0.2) is 77.7 Å². The van der Waals surface area contributed by atoms with E-state index >= 15 is 0 Å². The number of thioether (sulfide) groups is 1. The molecule has 2 aliphatic heterocycles. The molecule has 1 saturated heterocycles. The number of fused-ring (bicyclic) bond motifs is 1. The van der Waals surface area contributed by atoms with E-state index in [-0.39, 0.29) is 11.8 Å². The minimum Gasteiger partial charge on any atom is -0.508 e. The van der Waals surface area contributed by atoms with Gasteiger partial charge in [-0.15, -0.1) is 11.8 Å². The quantitative estimate of drug-likeness (QED) is 0.194. The molecular weight excluding hydrogens is 474 g/mol. The largest absolute Gasteiger partial charge is 0.508 e. The number of likely N-dealkylation sites (tertiary alicyclic amines) is 1. The van der Waals surface area contributed by atoms with Crippen molar-refractivity contribution in [2.45, 2.75) is 68.1 Å². The number of phenolic OH excluding ortho intramolecular Hbond substituents is 1. The van der Waals surface area contributed by atoms with Crippen LogP contribution < -0.4 is 4.74 Å². The van der Waals surface area contributed by atoms with Crippen molar-refractivity contribution in [2.75, 3.05) is 32.0 Å². The van der Waals surface area contributed by atoms with Gasteiger partial charge in [-0.3, -0.25) is 0 Å². The zero-order chi connectivity index (χ0) is 25.3. The number of ether oxygens (including phenoxy) is 1. The molecule has 0 aliphatic carbocycles. The summed E-state index contributed by atoms with van der Waals surface area (Å²) >= 11 is 1.97. The molecular formula is C33H41NO2S. The predicted molar refractivity (Wildman–Crippen MR) is 155 cm³/mol. The van der Waals surface area contributed by atoms with Crippen molar-refractivity contribution >= 4 is 11.8 Å². The molecule has 2 aliphatic rings. The van der Waals surface area contributed by atoms with Gasteiger partial charge in [-0.2, -0.15) is 0 Å². The Hall–Kier alpha value is -2.43. The molecule has 3 aromatic rings. The van der Waals surface area contributed by atoms with Crippen molar-refractivity contribution in [3.8, 4) is 11.5 Å². The lowest BCUT2D eigenvalue weighted by Gasteiger charge is -2.34. The molecule has 3 aromatic carbocycles. The Kier molecular flexibility index (Phi) is 9.48. The first kappa shape index (κ1) is 26.2. The molecule has 0 aromatic heterocycles. The SMILES string of the molecule is Oc1ccc2c(c1)[C@@H](c1ccc(SCCCCCCCCN3CCCC3)cc1)[C@@H](c1ccccc1)CO2. The summed E-state index contributed by atoms with van der Waals surface area (Å²) in [6.45, 7) is 4.62. The summed E-state index contributed by atoms with van der Waals surface area (Å²) in [4.78, 5) is 3.97. The van der Waals surface area contributed by atoms with Gasteiger partial charge >= 0.3 is 0 Å². The number of hydrogen-bond donors (Lipinski definition) is 1. The van der Waals surface area contributed by atoms with Crippen LogP contribution in [0.1, 0.15) is 79.9 Å². The molecule has 0 spiro atoms. The highest BCUT2D eigenvalue weighted by atomic mass is 32.2. The van der Waals surface area contributed by atoms with Gasteiger partial charge in [0, 0.05) is 22.3 Å². The molecule has 1 N–H and O–H groups in total. The summed E-state index contributed by atoms with van der Waals surface area (Å²) < 4.78 is 6.13. The lowest BCUT2D eigenvalue weighted by molar-refractivity contribution is 0.248. The molecule has 5 rings (SSSR count). The van der Waals surface area contributed by atoms with E-state index in [2.05, 4.69) is 59.5 Å². The summed E-state index contributed by atoms with van der Waals surface area (Å²) in [6.07, 6.45) is 11.0. The minimum atomic E-state index is 0.155. The maximum atomic E-state index is 10.2. The maximum absolute atomic E-state index is 10.2. The van der Waals surface area contributed by atoms with Crippen LogP contribution >= 0.6 is 11.8 Å². The molecule has 196 valence electrons. The Morgan fingerprint density at radius 2 is 1.51 bits per heavy atom. The van der Waals surface area contributed by atoms with Crippen LogP contribution in [0, 0.1) is 0 Å². The number of hydrogen-bond acceptors (Lipinski definition) is 4. The van der Waals surface area contributed by atoms with E-state index in [0.29, 0.717) is 12.4 Å². The van der Waals surface area contributed by atoms with Crippen LogP contribution in [0.5, 0.6) is 11.5 Å². The third-order valence-corrected chi connectivity index (χ3v) is 9.05. The summed E-state index contributed by atoms with van der Waals surface area (Å²) in [5.41, 5.74) is 3.62. The maximum Gasteiger partial charge on any atom is 0.123 e. The molecule has 2 atom stereocenters. The van der Waals surface area contributed by atoms with E-state index in [1.807, 2.05) is 23.9 Å². The van der Waals surface area contributed by atoms with Gasteiger partial charge in [0.2, 0.25) is 0 Å². The van der Waals surface area contributed by atoms with Crippen molar-refractivity contribution in [3.05, 3.63) is 89.5 Å². The Balaban J connectivity index is 1.12. The molecule has 0 amide bonds. The Morgan fingerprint density at radius 1 is 0.784 bits per heavy atom. The zero-order valence-electron chi connectivity index (χ0n) is 22.0. The summed E-state index contributed by atoms with van der Waals surface area (Å²) in [7, 11) is 0. The summed E-state index contributed by atoms with van der Waals surface area (Å²) in [6, 6.07) is 25.2. The van der Waals surface area contributed by atoms with Gasteiger partial charge in [-0.1, -0.05) is 68.1 Å². The second-order valence-corrected chi connectivity index (χ2v) is 11.8. The van der Waals surface area contributed by atoms with Crippen molar-refractivity contribution in [1.29, 1.82) is 0 Å². The molecule has 3 nitrogen and oxygen atoms in total. The Bertz CT molecular complexity index is 1100. The van der Waals surface area contributed by atoms with Crippen molar-refractivity contribution < 1.29 is 9.84 Å². The normalized spacial score (nSPS) is 19.5. The monoisotopic (exact) mass is 515 g/mol. The molecule has 37 heavy (non-hydrogen) atoms. The van der Waals surface area contributed by atoms with E-state index in [9.17, 15) is 5.11 Å². The first-order valence-electron chi connectivity index (χ1n) is 14.2. The van der Waals surface area contributed by atoms with Gasteiger partial charge in [-0.05, 0) is 92.5 Å². The van der Waals surface area contributed by atoms with E-state index < -0.39 is 0 Å². The van der Waals surface area contributed by atoms with Crippen LogP contribution in [0.2, 0.25) is 0 Å². The highest BCUT2D eigenvalue weighted by Gasteiger charge is 2.33. The number of unbranched alkanes of at least 4 members (excludes halogenated alkanes) is 5. The van der Waals surface area contributed by atoms with Crippen LogP contribution in [0.25, 0.3) is 0 Å². The van der Waals surface area contributed by atoms with Gasteiger partial charge in [-0.25, -0.2) is 0 Å². The van der Waals surface area contributed by atoms with Crippen molar-refractivity contribution in [1.82, 2.24) is 4.90 Å². The van der Waals surface area contributed by atoms with Gasteiger partial charge < -0.3 is 14.7 Å². The van der Waals surface area contributed by atoms with Gasteiger partial charge in [0.15, 0.2) is 0 Å². The third kappa shape index (κ3) is 7.12. The van der Waals surface area contributed by atoms with Crippen LogP contribution in [0.4, 0.5) is 0 Å². The first-order chi connectivity index (χ1) is 18.3. The third-order valence-electron chi connectivity index (χ3n) is 7.95. The van der Waals surface area contributed by atoms with E-state index in [1.165, 1.54) is 92.8 Å². The highest BCUT2D eigenvalue weighted by Crippen LogP contribution is 2.47. The van der Waals surface area contributed by atoms with Crippen molar-refractivity contribution in [3.63, 3.8) is 0 Å². The second-order valence-electron chi connectivity index (χ2n) is 10.6. The number of rotatable bonds is 12. The van der Waals surface area contributed by atoms with E-state index in [1.54, 1.807) is 6.07 Å². The molecule has 2 heterocycles. The van der Waals surface area contributed by atoms with E-state index in [0.717, 1.165) is 11.3 Å². The minimum absolute atomic E-state index is 0.155. The average Bonchev–Trinajstić information content (AvgIpc) is 3.46. The zero-order valence-corrected chi connectivity index (χ0v) is 22.8. The Morgan fingerprint density at radius 3 is 2.30 bits per heavy atom. The number of aromatic hydroxyl groups is 1. The van der Waals surface area contributed by atoms with Gasteiger partial charge in [0.1, 0.15) is 11.5 Å². The van der Waals surface area contributed by atoms with Gasteiger partial charge in [0.25, 0.3) is 0 Å². The van der Waals surface area contributed by atoms with Crippen molar-refractivity contribution in [2.24, 2.45) is 0 Å². The van der Waals surface area contributed by atoms with Crippen LogP contribution in [-0.4, -0.2) is 42.0 Å². The fraction of sp³-hybridized carbons (Fsp3) is 0.455. The Labute approximate surface area is 227 Å². The fourth-order valence-corrected chi connectivity index (χ4v) is 6.83.